The maximum absolute atomic E-state index is 12.0. The first-order valence-electron chi connectivity index (χ1n) is 7.48. The number of aryl methyl sites for hydroxylation is 1. The number of rotatable bonds is 3. The third kappa shape index (κ3) is 4.92. The third-order valence-electron chi connectivity index (χ3n) is 3.42. The molecule has 1 fully saturated rings. The van der Waals surface area contributed by atoms with Crippen LogP contribution < -0.4 is 5.32 Å². The molecule has 0 radical (unpaired) electrons. The number of aromatic nitrogens is 1. The summed E-state index contributed by atoms with van der Waals surface area (Å²) in [5.74, 6) is 1.34. The van der Waals surface area contributed by atoms with Crippen LogP contribution in [0.2, 0.25) is 0 Å². The fourth-order valence-electron chi connectivity index (χ4n) is 2.37. The summed E-state index contributed by atoms with van der Waals surface area (Å²) in [5, 5.41) is 3.35. The number of hydrogen-bond acceptors (Lipinski definition) is 4. The fourth-order valence-corrected chi connectivity index (χ4v) is 2.37. The molecule has 1 saturated heterocycles. The lowest BCUT2D eigenvalue weighted by Gasteiger charge is -2.24. The van der Waals surface area contributed by atoms with Crippen molar-refractivity contribution in [1.82, 2.24) is 9.88 Å². The van der Waals surface area contributed by atoms with Gasteiger partial charge in [-0.05, 0) is 57.7 Å². The number of hydrogen-bond donors (Lipinski definition) is 1. The molecule has 1 aromatic rings. The van der Waals surface area contributed by atoms with E-state index in [1.807, 2.05) is 39.8 Å². The zero-order chi connectivity index (χ0) is 15.5. The molecule has 0 spiro atoms. The average molecular weight is 291 g/mol. The van der Waals surface area contributed by atoms with Crippen molar-refractivity contribution >= 4 is 11.9 Å². The lowest BCUT2D eigenvalue weighted by molar-refractivity contribution is 0.0289. The first-order valence-corrected chi connectivity index (χ1v) is 7.48. The van der Waals surface area contributed by atoms with Crippen molar-refractivity contribution in [2.45, 2.75) is 39.7 Å². The van der Waals surface area contributed by atoms with Crippen LogP contribution in [-0.4, -0.2) is 41.2 Å². The van der Waals surface area contributed by atoms with Gasteiger partial charge in [-0.15, -0.1) is 0 Å². The predicted octanol–water partition coefficient (Wildman–Crippen LogP) is 3.06. The Labute approximate surface area is 126 Å². The summed E-state index contributed by atoms with van der Waals surface area (Å²) < 4.78 is 5.40. The van der Waals surface area contributed by atoms with Crippen LogP contribution in [-0.2, 0) is 4.74 Å². The van der Waals surface area contributed by atoms with Crippen LogP contribution in [0.1, 0.15) is 32.8 Å². The smallest absolute Gasteiger partial charge is 0.410 e. The molecule has 1 aliphatic rings. The topological polar surface area (TPSA) is 54.5 Å². The normalized spacial score (nSPS) is 18.7. The Morgan fingerprint density at radius 2 is 2.29 bits per heavy atom. The van der Waals surface area contributed by atoms with Gasteiger partial charge in [0, 0.05) is 25.8 Å². The van der Waals surface area contributed by atoms with Crippen LogP contribution >= 0.6 is 0 Å². The summed E-state index contributed by atoms with van der Waals surface area (Å²) in [6.07, 6.45) is 2.59. The van der Waals surface area contributed by atoms with Gasteiger partial charge in [0.2, 0.25) is 0 Å². The number of carbonyl (C=O) groups excluding carboxylic acids is 1. The van der Waals surface area contributed by atoms with Gasteiger partial charge < -0.3 is 15.0 Å². The molecular weight excluding hydrogens is 266 g/mol. The molecule has 1 N–H and O–H groups in total. The minimum absolute atomic E-state index is 0.210. The predicted molar refractivity (Wildman–Crippen MR) is 83.4 cm³/mol. The van der Waals surface area contributed by atoms with E-state index in [1.54, 1.807) is 11.1 Å². The Bertz CT molecular complexity index is 497. The Balaban J connectivity index is 1.79. The second kappa shape index (κ2) is 6.33. The number of amides is 1. The van der Waals surface area contributed by atoms with Gasteiger partial charge in [0.25, 0.3) is 0 Å². The maximum atomic E-state index is 12.0. The molecular formula is C16H25N3O2. The lowest BCUT2D eigenvalue weighted by Crippen LogP contribution is -2.35. The monoisotopic (exact) mass is 291 g/mol. The Morgan fingerprint density at radius 3 is 2.95 bits per heavy atom. The van der Waals surface area contributed by atoms with E-state index in [0.717, 1.165) is 31.9 Å². The molecule has 1 unspecified atom stereocenters. The zero-order valence-electron chi connectivity index (χ0n) is 13.3. The SMILES string of the molecule is Cc1ccnc(NCC2CCN(C(=O)OC(C)(C)C)C2)c1. The molecule has 0 saturated carbocycles. The Kier molecular flexibility index (Phi) is 4.70. The van der Waals surface area contributed by atoms with Gasteiger partial charge in [-0.1, -0.05) is 0 Å². The highest BCUT2D eigenvalue weighted by Gasteiger charge is 2.29. The Morgan fingerprint density at radius 1 is 1.52 bits per heavy atom. The lowest BCUT2D eigenvalue weighted by atomic mass is 10.1. The second-order valence-corrected chi connectivity index (χ2v) is 6.68. The highest BCUT2D eigenvalue weighted by molar-refractivity contribution is 5.68. The van der Waals surface area contributed by atoms with Crippen molar-refractivity contribution in [3.8, 4) is 0 Å². The van der Waals surface area contributed by atoms with Crippen molar-refractivity contribution in [3.63, 3.8) is 0 Å². The van der Waals surface area contributed by atoms with E-state index in [9.17, 15) is 4.79 Å². The van der Waals surface area contributed by atoms with Gasteiger partial charge in [0.1, 0.15) is 11.4 Å². The molecule has 2 heterocycles. The minimum Gasteiger partial charge on any atom is -0.444 e. The van der Waals surface area contributed by atoms with Crippen molar-refractivity contribution < 1.29 is 9.53 Å². The maximum Gasteiger partial charge on any atom is 0.410 e. The van der Waals surface area contributed by atoms with E-state index >= 15 is 0 Å². The van der Waals surface area contributed by atoms with Crippen LogP contribution in [0, 0.1) is 12.8 Å². The van der Waals surface area contributed by atoms with Crippen molar-refractivity contribution in [2.75, 3.05) is 25.0 Å². The van der Waals surface area contributed by atoms with Crippen molar-refractivity contribution in [1.29, 1.82) is 0 Å². The molecule has 5 heteroatoms. The summed E-state index contributed by atoms with van der Waals surface area (Å²) in [7, 11) is 0. The van der Waals surface area contributed by atoms with E-state index in [-0.39, 0.29) is 6.09 Å². The highest BCUT2D eigenvalue weighted by Crippen LogP contribution is 2.20. The Hall–Kier alpha value is -1.78. The molecule has 1 aliphatic heterocycles. The molecule has 0 bridgehead atoms. The molecule has 0 aromatic carbocycles. The zero-order valence-corrected chi connectivity index (χ0v) is 13.3. The number of nitrogens with zero attached hydrogens (tertiary/aromatic N) is 2. The van der Waals surface area contributed by atoms with E-state index in [1.165, 1.54) is 5.56 Å². The number of carbonyl (C=O) groups is 1. The first kappa shape index (κ1) is 15.6. The highest BCUT2D eigenvalue weighted by atomic mass is 16.6. The van der Waals surface area contributed by atoms with Gasteiger partial charge in [0.15, 0.2) is 0 Å². The van der Waals surface area contributed by atoms with E-state index in [4.69, 9.17) is 4.74 Å². The second-order valence-electron chi connectivity index (χ2n) is 6.68. The van der Waals surface area contributed by atoms with Gasteiger partial charge in [-0.2, -0.15) is 0 Å². The number of nitrogens with one attached hydrogen (secondary N) is 1. The van der Waals surface area contributed by atoms with Crippen LogP contribution in [0.3, 0.4) is 0 Å². The minimum atomic E-state index is -0.432. The van der Waals surface area contributed by atoms with Crippen molar-refractivity contribution in [3.05, 3.63) is 23.9 Å². The summed E-state index contributed by atoms with van der Waals surface area (Å²) in [6.45, 7) is 10.1. The van der Waals surface area contributed by atoms with Gasteiger partial charge >= 0.3 is 6.09 Å². The molecule has 1 amide bonds. The standard InChI is InChI=1S/C16H25N3O2/c1-12-5-7-17-14(9-12)18-10-13-6-8-19(11-13)15(20)21-16(2,3)4/h5,7,9,13H,6,8,10-11H2,1-4H3,(H,17,18). The van der Waals surface area contributed by atoms with E-state index in [2.05, 4.69) is 10.3 Å². The molecule has 0 aliphatic carbocycles. The molecule has 21 heavy (non-hydrogen) atoms. The van der Waals surface area contributed by atoms with Crippen LogP contribution in [0.25, 0.3) is 0 Å². The van der Waals surface area contributed by atoms with Crippen molar-refractivity contribution in [2.24, 2.45) is 5.92 Å². The molecule has 2 rings (SSSR count). The number of ether oxygens (including phenoxy) is 1. The third-order valence-corrected chi connectivity index (χ3v) is 3.42. The summed E-state index contributed by atoms with van der Waals surface area (Å²) in [5.41, 5.74) is 0.758. The number of likely N-dealkylation sites (tertiary alicyclic amines) is 1. The van der Waals surface area contributed by atoms with Crippen LogP contribution in [0.5, 0.6) is 0 Å². The summed E-state index contributed by atoms with van der Waals surface area (Å²) in [6, 6.07) is 4.01. The largest absolute Gasteiger partial charge is 0.444 e. The molecule has 116 valence electrons. The summed E-state index contributed by atoms with van der Waals surface area (Å²) in [4.78, 5) is 18.1. The number of pyridine rings is 1. The van der Waals surface area contributed by atoms with Gasteiger partial charge in [0.05, 0.1) is 0 Å². The number of anilines is 1. The van der Waals surface area contributed by atoms with Gasteiger partial charge in [-0.3, -0.25) is 0 Å². The molecule has 5 nitrogen and oxygen atoms in total. The van der Waals surface area contributed by atoms with E-state index in [0.29, 0.717) is 5.92 Å². The molecule has 1 aromatic heterocycles. The fraction of sp³-hybridized carbons (Fsp3) is 0.625. The van der Waals surface area contributed by atoms with E-state index < -0.39 is 5.60 Å². The van der Waals surface area contributed by atoms with Gasteiger partial charge in [-0.25, -0.2) is 9.78 Å². The quantitative estimate of drug-likeness (QED) is 0.930. The average Bonchev–Trinajstić information content (AvgIpc) is 2.83. The summed E-state index contributed by atoms with van der Waals surface area (Å²) >= 11 is 0. The first-order chi connectivity index (χ1) is 9.83. The van der Waals surface area contributed by atoms with Crippen LogP contribution in [0.15, 0.2) is 18.3 Å². The van der Waals surface area contributed by atoms with Crippen LogP contribution in [0.4, 0.5) is 10.6 Å². The molecule has 1 atom stereocenters.